The molecule has 0 radical (unpaired) electrons. The van der Waals surface area contributed by atoms with Gasteiger partial charge in [-0.1, -0.05) is 6.07 Å². The van der Waals surface area contributed by atoms with E-state index >= 15 is 0 Å². The maximum absolute atomic E-state index is 13.1. The zero-order chi connectivity index (χ0) is 23.1. The Hall–Kier alpha value is -3.27. The van der Waals surface area contributed by atoms with Gasteiger partial charge in [-0.2, -0.15) is 13.2 Å². The minimum atomic E-state index is -4.49. The summed E-state index contributed by atoms with van der Waals surface area (Å²) in [6.45, 7) is 0.884. The molecule has 32 heavy (non-hydrogen) atoms. The number of hydrogen-bond donors (Lipinski definition) is 2. The molecule has 1 aliphatic rings. The van der Waals surface area contributed by atoms with Gasteiger partial charge in [-0.15, -0.1) is 0 Å². The largest absolute Gasteiger partial charge is 0.497 e. The number of carbonyl (C=O) groups excluding carboxylic acids is 1. The van der Waals surface area contributed by atoms with E-state index in [1.54, 1.807) is 6.07 Å². The van der Waals surface area contributed by atoms with Crippen molar-refractivity contribution in [3.8, 4) is 11.5 Å². The summed E-state index contributed by atoms with van der Waals surface area (Å²) in [6.07, 6.45) is -2.87. The van der Waals surface area contributed by atoms with Gasteiger partial charge in [0.1, 0.15) is 11.5 Å². The Kier molecular flexibility index (Phi) is 7.57. The molecule has 1 heterocycles. The first kappa shape index (κ1) is 23.4. The summed E-state index contributed by atoms with van der Waals surface area (Å²) in [7, 11) is 2.92. The molecule has 1 fully saturated rings. The lowest BCUT2D eigenvalue weighted by atomic mass is 10.2. The van der Waals surface area contributed by atoms with Crippen LogP contribution in [0.15, 0.2) is 47.5 Å². The van der Waals surface area contributed by atoms with Crippen LogP contribution < -0.4 is 20.1 Å². The van der Waals surface area contributed by atoms with Crippen LogP contribution in [0.25, 0.3) is 0 Å². The highest BCUT2D eigenvalue weighted by Crippen LogP contribution is 2.30. The van der Waals surface area contributed by atoms with Crippen LogP contribution in [0.4, 0.5) is 18.9 Å². The number of rotatable bonds is 6. The first-order valence-corrected chi connectivity index (χ1v) is 9.93. The zero-order valence-corrected chi connectivity index (χ0v) is 17.7. The molecule has 0 bridgehead atoms. The molecule has 1 aliphatic heterocycles. The molecule has 7 nitrogen and oxygen atoms in total. The van der Waals surface area contributed by atoms with Gasteiger partial charge in [-0.25, -0.2) is 4.99 Å². The van der Waals surface area contributed by atoms with Crippen molar-refractivity contribution in [2.24, 2.45) is 4.99 Å². The molecule has 2 aromatic rings. The lowest BCUT2D eigenvalue weighted by Gasteiger charge is -2.15. The number of guanidine groups is 1. The van der Waals surface area contributed by atoms with E-state index in [4.69, 9.17) is 14.2 Å². The summed E-state index contributed by atoms with van der Waals surface area (Å²) >= 11 is 0. The number of benzene rings is 2. The Labute approximate surface area is 183 Å². The molecule has 172 valence electrons. The molecule has 1 amide bonds. The van der Waals surface area contributed by atoms with Crippen LogP contribution in [-0.4, -0.2) is 45.3 Å². The maximum atomic E-state index is 13.1. The maximum Gasteiger partial charge on any atom is 0.416 e. The highest BCUT2D eigenvalue weighted by Gasteiger charge is 2.30. The van der Waals surface area contributed by atoms with Crippen molar-refractivity contribution in [3.05, 3.63) is 53.6 Å². The normalized spacial score (nSPS) is 16.5. The molecular formula is C22H24F3N3O4. The van der Waals surface area contributed by atoms with Crippen molar-refractivity contribution < 1.29 is 32.2 Å². The SMILES string of the molecule is COc1cc(OC)cc(C(=O)NC(=NC[C@@H]2CCCO2)Nc2cccc(C(F)(F)F)c2)c1. The van der Waals surface area contributed by atoms with Crippen LogP contribution in [0.5, 0.6) is 11.5 Å². The molecule has 3 rings (SSSR count). The highest BCUT2D eigenvalue weighted by molar-refractivity contribution is 6.10. The Morgan fingerprint density at radius 2 is 1.88 bits per heavy atom. The number of ether oxygens (including phenoxy) is 3. The number of methoxy groups -OCH3 is 2. The van der Waals surface area contributed by atoms with Crippen LogP contribution in [0.3, 0.4) is 0 Å². The number of aliphatic imine (C=N–C) groups is 1. The van der Waals surface area contributed by atoms with Gasteiger partial charge < -0.3 is 19.5 Å². The van der Waals surface area contributed by atoms with Crippen molar-refractivity contribution in [2.45, 2.75) is 25.1 Å². The number of amides is 1. The van der Waals surface area contributed by atoms with Gasteiger partial charge in [0.15, 0.2) is 0 Å². The quantitative estimate of drug-likeness (QED) is 0.511. The lowest BCUT2D eigenvalue weighted by molar-refractivity contribution is -0.137. The summed E-state index contributed by atoms with van der Waals surface area (Å²) in [5.41, 5.74) is -0.448. The predicted molar refractivity (Wildman–Crippen MR) is 113 cm³/mol. The molecule has 0 spiro atoms. The number of halogens is 3. The van der Waals surface area contributed by atoms with E-state index in [0.717, 1.165) is 25.0 Å². The van der Waals surface area contributed by atoms with Crippen molar-refractivity contribution in [1.29, 1.82) is 0 Å². The monoisotopic (exact) mass is 451 g/mol. The van der Waals surface area contributed by atoms with Gasteiger partial charge in [0, 0.05) is 23.9 Å². The number of carbonyl (C=O) groups is 1. The first-order chi connectivity index (χ1) is 15.3. The predicted octanol–water partition coefficient (Wildman–Crippen LogP) is 4.10. The smallest absolute Gasteiger partial charge is 0.416 e. The average molecular weight is 451 g/mol. The van der Waals surface area contributed by atoms with Gasteiger partial charge in [0.05, 0.1) is 32.4 Å². The van der Waals surface area contributed by atoms with E-state index in [9.17, 15) is 18.0 Å². The van der Waals surface area contributed by atoms with Crippen LogP contribution in [0.2, 0.25) is 0 Å². The third-order valence-electron chi connectivity index (χ3n) is 4.78. The number of hydrogen-bond acceptors (Lipinski definition) is 5. The van der Waals surface area contributed by atoms with E-state index in [1.165, 1.54) is 38.5 Å². The van der Waals surface area contributed by atoms with Gasteiger partial charge in [-0.05, 0) is 43.2 Å². The number of alkyl halides is 3. The first-order valence-electron chi connectivity index (χ1n) is 9.93. The molecule has 10 heteroatoms. The minimum absolute atomic E-state index is 0.00612. The fourth-order valence-corrected chi connectivity index (χ4v) is 3.12. The topological polar surface area (TPSA) is 81.2 Å². The Morgan fingerprint density at radius 3 is 2.47 bits per heavy atom. The second-order valence-electron chi connectivity index (χ2n) is 7.08. The van der Waals surface area contributed by atoms with Gasteiger partial charge in [0.2, 0.25) is 5.96 Å². The van der Waals surface area contributed by atoms with Crippen molar-refractivity contribution >= 4 is 17.6 Å². The number of anilines is 1. The molecule has 0 unspecified atom stereocenters. The van der Waals surface area contributed by atoms with Crippen molar-refractivity contribution in [1.82, 2.24) is 5.32 Å². The fraction of sp³-hybridized carbons (Fsp3) is 0.364. The van der Waals surface area contributed by atoms with Crippen LogP contribution in [0, 0.1) is 0 Å². The molecule has 2 aromatic carbocycles. The Bertz CT molecular complexity index is 951. The van der Waals surface area contributed by atoms with Crippen molar-refractivity contribution in [2.75, 3.05) is 32.7 Å². The van der Waals surface area contributed by atoms with E-state index in [2.05, 4.69) is 15.6 Å². The minimum Gasteiger partial charge on any atom is -0.497 e. The lowest BCUT2D eigenvalue weighted by Crippen LogP contribution is -2.36. The van der Waals surface area contributed by atoms with Gasteiger partial charge in [0.25, 0.3) is 5.91 Å². The molecule has 2 N–H and O–H groups in total. The summed E-state index contributed by atoms with van der Waals surface area (Å²) < 4.78 is 55.1. The molecular weight excluding hydrogens is 427 g/mol. The average Bonchev–Trinajstić information content (AvgIpc) is 3.30. The molecule has 1 saturated heterocycles. The molecule has 1 atom stereocenters. The second-order valence-corrected chi connectivity index (χ2v) is 7.08. The molecule has 0 aliphatic carbocycles. The summed E-state index contributed by atoms with van der Waals surface area (Å²) in [4.78, 5) is 17.2. The molecule has 0 aromatic heterocycles. The highest BCUT2D eigenvalue weighted by atomic mass is 19.4. The van der Waals surface area contributed by atoms with E-state index in [-0.39, 0.29) is 29.9 Å². The van der Waals surface area contributed by atoms with E-state index in [1.807, 2.05) is 0 Å². The molecule has 0 saturated carbocycles. The summed E-state index contributed by atoms with van der Waals surface area (Å²) in [5.74, 6) is 0.302. The van der Waals surface area contributed by atoms with Crippen LogP contribution in [-0.2, 0) is 10.9 Å². The Balaban J connectivity index is 1.83. The van der Waals surface area contributed by atoms with Crippen LogP contribution >= 0.6 is 0 Å². The van der Waals surface area contributed by atoms with E-state index in [0.29, 0.717) is 18.1 Å². The van der Waals surface area contributed by atoms with Gasteiger partial charge in [-0.3, -0.25) is 10.1 Å². The standard InChI is InChI=1S/C22H24F3N3O4/c1-30-18-9-14(10-19(12-18)31-2)20(29)28-21(26-13-17-7-4-8-32-17)27-16-6-3-5-15(11-16)22(23,24)25/h3,5-6,9-12,17H,4,7-8,13H2,1-2H3,(H2,26,27,28,29)/t17-/m0/s1. The van der Waals surface area contributed by atoms with Crippen molar-refractivity contribution in [3.63, 3.8) is 0 Å². The van der Waals surface area contributed by atoms with E-state index < -0.39 is 17.6 Å². The zero-order valence-electron chi connectivity index (χ0n) is 17.7. The summed E-state index contributed by atoms with van der Waals surface area (Å²) in [5, 5.41) is 5.39. The van der Waals surface area contributed by atoms with Crippen LogP contribution in [0.1, 0.15) is 28.8 Å². The summed E-state index contributed by atoms with van der Waals surface area (Å²) in [6, 6.07) is 9.29. The van der Waals surface area contributed by atoms with Gasteiger partial charge >= 0.3 is 6.18 Å². The number of nitrogens with one attached hydrogen (secondary N) is 2. The fourth-order valence-electron chi connectivity index (χ4n) is 3.12. The Morgan fingerprint density at radius 1 is 1.16 bits per heavy atom. The second kappa shape index (κ2) is 10.4. The third-order valence-corrected chi connectivity index (χ3v) is 4.78. The number of nitrogens with zero attached hydrogens (tertiary/aromatic N) is 1. The third kappa shape index (κ3) is 6.36.